The number of nitrogens with zero attached hydrogens (tertiary/aromatic N) is 3. The third-order valence-corrected chi connectivity index (χ3v) is 6.94. The molecule has 0 fully saturated rings. The number of aryl methyl sites for hydroxylation is 2. The van der Waals surface area contributed by atoms with E-state index in [1.165, 1.54) is 38.4 Å². The summed E-state index contributed by atoms with van der Waals surface area (Å²) in [6, 6.07) is 8.42. The summed E-state index contributed by atoms with van der Waals surface area (Å²) < 4.78 is 46.2. The van der Waals surface area contributed by atoms with Gasteiger partial charge in [0.25, 0.3) is 0 Å². The van der Waals surface area contributed by atoms with Crippen molar-refractivity contribution in [3.63, 3.8) is 0 Å². The maximum Gasteiger partial charge on any atom is 0.340 e. The summed E-state index contributed by atoms with van der Waals surface area (Å²) in [6.07, 6.45) is 0.381. The molecule has 11 heteroatoms. The Hall–Kier alpha value is -3.31. The average Bonchev–Trinajstić information content (AvgIpc) is 3.15. The molecule has 0 unspecified atom stereocenters. The first-order valence-corrected chi connectivity index (χ1v) is 11.6. The predicted octanol–water partition coefficient (Wildman–Crippen LogP) is 2.80. The first-order chi connectivity index (χ1) is 15.6. The fourth-order valence-corrected chi connectivity index (χ4v) is 4.31. The van der Waals surface area contributed by atoms with Gasteiger partial charge in [-0.05, 0) is 43.3 Å². The van der Waals surface area contributed by atoms with Gasteiger partial charge in [-0.2, -0.15) is 0 Å². The maximum atomic E-state index is 13.8. The largest absolute Gasteiger partial charge is 0.465 e. The molecule has 0 radical (unpaired) electrons. The Morgan fingerprint density at radius 1 is 1.18 bits per heavy atom. The van der Waals surface area contributed by atoms with Gasteiger partial charge in [-0.3, -0.25) is 4.79 Å². The number of aromatic nitrogens is 2. The number of halogens is 1. The van der Waals surface area contributed by atoms with E-state index in [9.17, 15) is 22.4 Å². The van der Waals surface area contributed by atoms with Gasteiger partial charge in [0, 0.05) is 39.2 Å². The van der Waals surface area contributed by atoms with Crippen LogP contribution in [0.3, 0.4) is 0 Å². The van der Waals surface area contributed by atoms with Gasteiger partial charge in [-0.25, -0.2) is 26.9 Å². The number of hydrogen-bond donors (Lipinski definition) is 1. The van der Waals surface area contributed by atoms with Crippen LogP contribution in [0.15, 0.2) is 41.3 Å². The van der Waals surface area contributed by atoms with Crippen molar-refractivity contribution in [1.82, 2.24) is 13.9 Å². The third-order valence-electron chi connectivity index (χ3n) is 5.12. The van der Waals surface area contributed by atoms with Gasteiger partial charge < -0.3 is 14.6 Å². The van der Waals surface area contributed by atoms with Gasteiger partial charge in [0.15, 0.2) is 0 Å². The van der Waals surface area contributed by atoms with E-state index < -0.39 is 21.8 Å². The summed E-state index contributed by atoms with van der Waals surface area (Å²) in [6.45, 7) is 2.52. The first-order valence-electron chi connectivity index (χ1n) is 10.2. The number of esters is 1. The van der Waals surface area contributed by atoms with Crippen LogP contribution in [0.25, 0.3) is 11.0 Å². The van der Waals surface area contributed by atoms with Crippen molar-refractivity contribution in [3.05, 3.63) is 53.6 Å². The quantitative estimate of drug-likeness (QED) is 0.501. The van der Waals surface area contributed by atoms with Crippen LogP contribution >= 0.6 is 0 Å². The summed E-state index contributed by atoms with van der Waals surface area (Å²) in [7, 11) is 0.475. The Morgan fingerprint density at radius 3 is 2.55 bits per heavy atom. The van der Waals surface area contributed by atoms with E-state index in [0.29, 0.717) is 24.3 Å². The predicted molar refractivity (Wildman–Crippen MR) is 121 cm³/mol. The smallest absolute Gasteiger partial charge is 0.340 e. The molecule has 0 bridgehead atoms. The van der Waals surface area contributed by atoms with Gasteiger partial charge in [-0.15, -0.1) is 0 Å². The SMILES string of the molecule is CCn1c(CCC(=O)Nc2ccc(F)c(C(=O)OC)c2)nc2cc(S(=O)(=O)N(C)C)ccc21. The lowest BCUT2D eigenvalue weighted by Gasteiger charge is -2.11. The molecule has 33 heavy (non-hydrogen) atoms. The summed E-state index contributed by atoms with van der Waals surface area (Å²) in [4.78, 5) is 28.8. The molecule has 0 aliphatic carbocycles. The fraction of sp³-hybridized carbons (Fsp3) is 0.318. The Labute approximate surface area is 191 Å². The van der Waals surface area contributed by atoms with Crippen molar-refractivity contribution in [2.45, 2.75) is 31.2 Å². The number of carbonyl (C=O) groups excluding carboxylic acids is 2. The number of benzene rings is 2. The molecule has 0 spiro atoms. The van der Waals surface area contributed by atoms with E-state index in [1.807, 2.05) is 11.5 Å². The Bertz CT molecular complexity index is 1320. The van der Waals surface area contributed by atoms with Crippen LogP contribution in [0, 0.1) is 5.82 Å². The number of ether oxygens (including phenoxy) is 1. The molecule has 0 aliphatic rings. The standard InChI is InChI=1S/C22H25FN4O5S/c1-5-27-19-9-7-15(33(30,31)26(2)3)13-18(19)25-20(27)10-11-21(28)24-14-6-8-17(23)16(12-14)22(29)32-4/h6-9,12-13H,5,10-11H2,1-4H3,(H,24,28). The zero-order chi connectivity index (χ0) is 24.3. The van der Waals surface area contributed by atoms with Crippen molar-refractivity contribution in [1.29, 1.82) is 0 Å². The van der Waals surface area contributed by atoms with Crippen LogP contribution in [0.5, 0.6) is 0 Å². The van der Waals surface area contributed by atoms with E-state index in [4.69, 9.17) is 0 Å². The third kappa shape index (κ3) is 5.04. The molecule has 1 aromatic heterocycles. The second-order valence-corrected chi connectivity index (χ2v) is 9.60. The van der Waals surface area contributed by atoms with Crippen molar-refractivity contribution in [3.8, 4) is 0 Å². The van der Waals surface area contributed by atoms with Gasteiger partial charge in [0.1, 0.15) is 11.6 Å². The van der Waals surface area contributed by atoms with Crippen molar-refractivity contribution in [2.75, 3.05) is 26.5 Å². The molecule has 0 saturated carbocycles. The molecule has 2 aromatic carbocycles. The number of hydrogen-bond acceptors (Lipinski definition) is 6. The topological polar surface area (TPSA) is 111 Å². The molecular weight excluding hydrogens is 451 g/mol. The molecule has 176 valence electrons. The number of carbonyl (C=O) groups is 2. The minimum atomic E-state index is -3.59. The number of sulfonamides is 1. The highest BCUT2D eigenvalue weighted by Crippen LogP contribution is 2.23. The van der Waals surface area contributed by atoms with Gasteiger partial charge in [-0.1, -0.05) is 0 Å². The van der Waals surface area contributed by atoms with E-state index in [0.717, 1.165) is 23.0 Å². The number of nitrogens with one attached hydrogen (secondary N) is 1. The molecule has 0 atom stereocenters. The summed E-state index contributed by atoms with van der Waals surface area (Å²) in [5.41, 5.74) is 1.29. The van der Waals surface area contributed by atoms with Crippen LogP contribution in [-0.2, 0) is 32.5 Å². The highest BCUT2D eigenvalue weighted by atomic mass is 32.2. The highest BCUT2D eigenvalue weighted by molar-refractivity contribution is 7.89. The second kappa shape index (κ2) is 9.67. The Morgan fingerprint density at radius 2 is 1.91 bits per heavy atom. The molecule has 0 saturated heterocycles. The van der Waals surface area contributed by atoms with Crippen molar-refractivity contribution < 1.29 is 27.1 Å². The summed E-state index contributed by atoms with van der Waals surface area (Å²) in [5.74, 6) is -1.29. The summed E-state index contributed by atoms with van der Waals surface area (Å²) in [5, 5.41) is 2.64. The van der Waals surface area contributed by atoms with Gasteiger partial charge in [0.05, 0.1) is 28.6 Å². The van der Waals surface area contributed by atoms with Gasteiger partial charge >= 0.3 is 5.97 Å². The lowest BCUT2D eigenvalue weighted by Crippen LogP contribution is -2.22. The number of rotatable bonds is 8. The monoisotopic (exact) mass is 476 g/mol. The van der Waals surface area contributed by atoms with Crippen LogP contribution in [0.4, 0.5) is 10.1 Å². The van der Waals surface area contributed by atoms with Crippen LogP contribution < -0.4 is 5.32 Å². The fourth-order valence-electron chi connectivity index (χ4n) is 3.39. The number of imidazole rings is 1. The second-order valence-electron chi connectivity index (χ2n) is 7.44. The number of fused-ring (bicyclic) bond motifs is 1. The van der Waals surface area contributed by atoms with Crippen LogP contribution in [0.2, 0.25) is 0 Å². The number of amides is 1. The Balaban J connectivity index is 1.78. The Kier molecular flexibility index (Phi) is 7.13. The minimum absolute atomic E-state index is 0.0805. The molecule has 0 aliphatic heterocycles. The number of methoxy groups -OCH3 is 1. The molecule has 9 nitrogen and oxygen atoms in total. The highest BCUT2D eigenvalue weighted by Gasteiger charge is 2.20. The molecule has 3 aromatic rings. The van der Waals surface area contributed by atoms with E-state index in [-0.39, 0.29) is 28.5 Å². The number of anilines is 1. The zero-order valence-corrected chi connectivity index (χ0v) is 19.6. The van der Waals surface area contributed by atoms with E-state index in [2.05, 4.69) is 15.0 Å². The molecular formula is C22H25FN4O5S. The van der Waals surface area contributed by atoms with Gasteiger partial charge in [0.2, 0.25) is 15.9 Å². The lowest BCUT2D eigenvalue weighted by molar-refractivity contribution is -0.116. The molecule has 3 rings (SSSR count). The first kappa shape index (κ1) is 24.3. The van der Waals surface area contributed by atoms with E-state index >= 15 is 0 Å². The molecule has 1 heterocycles. The normalized spacial score (nSPS) is 11.7. The zero-order valence-electron chi connectivity index (χ0n) is 18.8. The van der Waals surface area contributed by atoms with E-state index in [1.54, 1.807) is 6.07 Å². The lowest BCUT2D eigenvalue weighted by atomic mass is 10.2. The van der Waals surface area contributed by atoms with Crippen molar-refractivity contribution in [2.24, 2.45) is 0 Å². The van der Waals surface area contributed by atoms with Crippen molar-refractivity contribution >= 4 is 38.6 Å². The average molecular weight is 477 g/mol. The maximum absolute atomic E-state index is 13.8. The summed E-state index contributed by atoms with van der Waals surface area (Å²) >= 11 is 0. The van der Waals surface area contributed by atoms with Crippen LogP contribution in [0.1, 0.15) is 29.5 Å². The van der Waals surface area contributed by atoms with Crippen LogP contribution in [-0.4, -0.2) is 55.4 Å². The minimum Gasteiger partial charge on any atom is -0.465 e. The molecule has 1 amide bonds. The molecule has 1 N–H and O–H groups in total.